The van der Waals surface area contributed by atoms with E-state index in [0.29, 0.717) is 6.42 Å². The van der Waals surface area contributed by atoms with Gasteiger partial charge in [0.2, 0.25) is 0 Å². The molecule has 0 saturated heterocycles. The Hall–Kier alpha value is -1.26. The Morgan fingerprint density at radius 2 is 1.76 bits per heavy atom. The summed E-state index contributed by atoms with van der Waals surface area (Å²) in [6, 6.07) is 8.34. The summed E-state index contributed by atoms with van der Waals surface area (Å²) in [6.07, 6.45) is 0.607. The van der Waals surface area contributed by atoms with Crippen LogP contribution >= 0.6 is 15.9 Å². The summed E-state index contributed by atoms with van der Waals surface area (Å²) in [7, 11) is 1.88. The minimum Gasteiger partial charge on any atom is -0.313 e. The molecule has 0 fully saturated rings. The van der Waals surface area contributed by atoms with E-state index >= 15 is 0 Å². The van der Waals surface area contributed by atoms with E-state index in [2.05, 4.69) is 40.3 Å². The van der Waals surface area contributed by atoms with Crippen LogP contribution in [-0.2, 0) is 6.42 Å². The Kier molecular flexibility index (Phi) is 5.12. The number of rotatable bonds is 4. The summed E-state index contributed by atoms with van der Waals surface area (Å²) in [5.74, 6) is -1.61. The van der Waals surface area contributed by atoms with Crippen molar-refractivity contribution in [2.45, 2.75) is 26.3 Å². The van der Waals surface area contributed by atoms with Gasteiger partial charge in [-0.05, 0) is 67.8 Å². The second kappa shape index (κ2) is 6.67. The number of likely N-dealkylation sites (N-methyl/N-ethyl adjacent to an activating group) is 1. The first-order valence-corrected chi connectivity index (χ1v) is 7.59. The van der Waals surface area contributed by atoms with Crippen LogP contribution in [0.1, 0.15) is 28.3 Å². The monoisotopic (exact) mass is 353 g/mol. The fourth-order valence-corrected chi connectivity index (χ4v) is 2.91. The van der Waals surface area contributed by atoms with Crippen LogP contribution in [0.4, 0.5) is 8.78 Å². The van der Waals surface area contributed by atoms with Crippen LogP contribution in [-0.4, -0.2) is 7.05 Å². The van der Waals surface area contributed by atoms with Gasteiger partial charge in [0.1, 0.15) is 0 Å². The van der Waals surface area contributed by atoms with Crippen molar-refractivity contribution in [3.8, 4) is 0 Å². The molecule has 0 bridgehead atoms. The highest BCUT2D eigenvalue weighted by molar-refractivity contribution is 9.10. The molecule has 0 saturated carbocycles. The molecule has 0 heterocycles. The van der Waals surface area contributed by atoms with Crippen LogP contribution < -0.4 is 5.32 Å². The molecule has 1 N–H and O–H groups in total. The molecule has 0 aliphatic rings. The van der Waals surface area contributed by atoms with Gasteiger partial charge in [-0.2, -0.15) is 0 Å². The summed E-state index contributed by atoms with van der Waals surface area (Å²) in [4.78, 5) is 0. The molecule has 0 radical (unpaired) electrons. The van der Waals surface area contributed by atoms with Gasteiger partial charge in [-0.1, -0.05) is 28.1 Å². The average molecular weight is 354 g/mol. The van der Waals surface area contributed by atoms with E-state index in [1.54, 1.807) is 6.07 Å². The smallest absolute Gasteiger partial charge is 0.159 e. The van der Waals surface area contributed by atoms with E-state index in [1.165, 1.54) is 17.7 Å². The maximum atomic E-state index is 13.3. The molecule has 2 rings (SSSR count). The van der Waals surface area contributed by atoms with Crippen LogP contribution in [0.25, 0.3) is 0 Å². The molecule has 0 spiro atoms. The molecule has 0 aliphatic heterocycles. The van der Waals surface area contributed by atoms with Crippen molar-refractivity contribution in [1.29, 1.82) is 0 Å². The van der Waals surface area contributed by atoms with Crippen LogP contribution in [0, 0.1) is 25.5 Å². The fourth-order valence-electron chi connectivity index (χ4n) is 2.45. The first-order valence-electron chi connectivity index (χ1n) is 6.80. The van der Waals surface area contributed by atoms with Gasteiger partial charge in [-0.25, -0.2) is 8.78 Å². The highest BCUT2D eigenvalue weighted by atomic mass is 79.9. The lowest BCUT2D eigenvalue weighted by atomic mass is 9.94. The molecule has 4 heteroatoms. The zero-order chi connectivity index (χ0) is 15.6. The van der Waals surface area contributed by atoms with Crippen molar-refractivity contribution >= 4 is 15.9 Å². The van der Waals surface area contributed by atoms with Crippen molar-refractivity contribution in [2.75, 3.05) is 7.05 Å². The SMILES string of the molecule is CNC(Cc1ccc(F)c(F)c1)c1cc(C)c(Br)cc1C. The first-order chi connectivity index (χ1) is 9.92. The standard InChI is InChI=1S/C17H18BrF2N/c1-10-7-14(18)11(2)6-13(10)17(21-3)9-12-4-5-15(19)16(20)8-12/h4-8,17,21H,9H2,1-3H3. The first kappa shape index (κ1) is 16.1. The topological polar surface area (TPSA) is 12.0 Å². The third-order valence-electron chi connectivity index (χ3n) is 3.70. The molecule has 1 nitrogen and oxygen atoms in total. The van der Waals surface area contributed by atoms with Gasteiger partial charge in [0.15, 0.2) is 11.6 Å². The summed E-state index contributed by atoms with van der Waals surface area (Å²) in [5.41, 5.74) is 4.26. The van der Waals surface area contributed by atoms with Crippen LogP contribution in [0.3, 0.4) is 0 Å². The lowest BCUT2D eigenvalue weighted by Gasteiger charge is -2.20. The highest BCUT2D eigenvalue weighted by Gasteiger charge is 2.15. The van der Waals surface area contributed by atoms with E-state index in [9.17, 15) is 8.78 Å². The molecular formula is C17H18BrF2N. The average Bonchev–Trinajstić information content (AvgIpc) is 2.44. The Morgan fingerprint density at radius 1 is 1.05 bits per heavy atom. The van der Waals surface area contributed by atoms with Gasteiger partial charge in [0.25, 0.3) is 0 Å². The zero-order valence-corrected chi connectivity index (χ0v) is 13.9. The number of hydrogen-bond donors (Lipinski definition) is 1. The van der Waals surface area contributed by atoms with E-state index in [0.717, 1.165) is 21.2 Å². The number of hydrogen-bond acceptors (Lipinski definition) is 1. The molecular weight excluding hydrogens is 336 g/mol. The number of benzene rings is 2. The summed E-state index contributed by atoms with van der Waals surface area (Å²) >= 11 is 3.52. The maximum absolute atomic E-state index is 13.3. The molecule has 2 aromatic carbocycles. The van der Waals surface area contributed by atoms with E-state index in [-0.39, 0.29) is 6.04 Å². The molecule has 0 aliphatic carbocycles. The van der Waals surface area contributed by atoms with Gasteiger partial charge < -0.3 is 5.32 Å². The van der Waals surface area contributed by atoms with Crippen molar-refractivity contribution in [3.63, 3.8) is 0 Å². The largest absolute Gasteiger partial charge is 0.313 e. The van der Waals surface area contributed by atoms with Crippen molar-refractivity contribution < 1.29 is 8.78 Å². The molecule has 112 valence electrons. The molecule has 2 aromatic rings. The Bertz CT molecular complexity index is 655. The molecule has 1 atom stereocenters. The summed E-state index contributed by atoms with van der Waals surface area (Å²) < 4.78 is 27.4. The van der Waals surface area contributed by atoms with Gasteiger partial charge in [0, 0.05) is 10.5 Å². The van der Waals surface area contributed by atoms with Gasteiger partial charge in [-0.15, -0.1) is 0 Å². The lowest BCUT2D eigenvalue weighted by molar-refractivity contribution is 0.504. The second-order valence-electron chi connectivity index (χ2n) is 5.25. The quantitative estimate of drug-likeness (QED) is 0.828. The number of halogens is 3. The van der Waals surface area contributed by atoms with E-state index < -0.39 is 11.6 Å². The normalized spacial score (nSPS) is 12.5. The third kappa shape index (κ3) is 3.69. The Balaban J connectivity index is 2.31. The molecule has 21 heavy (non-hydrogen) atoms. The second-order valence-corrected chi connectivity index (χ2v) is 6.11. The molecule has 0 amide bonds. The molecule has 1 unspecified atom stereocenters. The number of aryl methyl sites for hydroxylation is 2. The predicted octanol–water partition coefficient (Wildman–Crippen LogP) is 4.85. The zero-order valence-electron chi connectivity index (χ0n) is 12.3. The highest BCUT2D eigenvalue weighted by Crippen LogP contribution is 2.27. The summed E-state index contributed by atoms with van der Waals surface area (Å²) in [5, 5.41) is 3.26. The van der Waals surface area contributed by atoms with Gasteiger partial charge in [0.05, 0.1) is 0 Å². The third-order valence-corrected chi connectivity index (χ3v) is 4.55. The van der Waals surface area contributed by atoms with Crippen LogP contribution in [0.15, 0.2) is 34.8 Å². The van der Waals surface area contributed by atoms with E-state index in [1.807, 2.05) is 14.0 Å². The van der Waals surface area contributed by atoms with Crippen molar-refractivity contribution in [1.82, 2.24) is 5.32 Å². The Morgan fingerprint density at radius 3 is 2.38 bits per heavy atom. The van der Waals surface area contributed by atoms with Crippen molar-refractivity contribution in [3.05, 3.63) is 68.7 Å². The van der Waals surface area contributed by atoms with Gasteiger partial charge in [-0.3, -0.25) is 0 Å². The minimum absolute atomic E-state index is 0.0571. The van der Waals surface area contributed by atoms with Crippen LogP contribution in [0.5, 0.6) is 0 Å². The predicted molar refractivity (Wildman–Crippen MR) is 85.5 cm³/mol. The lowest BCUT2D eigenvalue weighted by Crippen LogP contribution is -2.20. The Labute approximate surface area is 132 Å². The summed E-state index contributed by atoms with van der Waals surface area (Å²) in [6.45, 7) is 4.09. The van der Waals surface area contributed by atoms with Crippen LogP contribution in [0.2, 0.25) is 0 Å². The molecule has 0 aromatic heterocycles. The maximum Gasteiger partial charge on any atom is 0.159 e. The number of nitrogens with one attached hydrogen (secondary N) is 1. The van der Waals surface area contributed by atoms with Crippen molar-refractivity contribution in [2.24, 2.45) is 0 Å². The van der Waals surface area contributed by atoms with Gasteiger partial charge >= 0.3 is 0 Å². The van der Waals surface area contributed by atoms with E-state index in [4.69, 9.17) is 0 Å². The minimum atomic E-state index is -0.810. The fraction of sp³-hybridized carbons (Fsp3) is 0.294.